The monoisotopic (exact) mass is 348 g/mol. The van der Waals surface area contributed by atoms with Gasteiger partial charge in [-0.3, -0.25) is 4.79 Å². The molecule has 0 saturated carbocycles. The number of carboxylic acids is 1. The highest BCUT2D eigenvalue weighted by atomic mass is 35.5. The maximum atomic E-state index is 10.5. The van der Waals surface area contributed by atoms with Crippen molar-refractivity contribution in [2.24, 2.45) is 0 Å². The molecule has 128 valence electrons. The van der Waals surface area contributed by atoms with Gasteiger partial charge < -0.3 is 14.6 Å². The molecular formula is C19H21ClO4. The maximum Gasteiger partial charge on any atom is 0.303 e. The van der Waals surface area contributed by atoms with E-state index in [1.807, 2.05) is 43.3 Å². The van der Waals surface area contributed by atoms with Crippen molar-refractivity contribution in [3.8, 4) is 17.2 Å². The number of hydrogen-bond acceptors (Lipinski definition) is 3. The first kappa shape index (κ1) is 18.1. The van der Waals surface area contributed by atoms with Gasteiger partial charge in [0.15, 0.2) is 0 Å². The summed E-state index contributed by atoms with van der Waals surface area (Å²) in [5.74, 6) is 1.46. The van der Waals surface area contributed by atoms with Gasteiger partial charge in [0.2, 0.25) is 0 Å². The van der Waals surface area contributed by atoms with Crippen LogP contribution in [0.5, 0.6) is 17.2 Å². The Morgan fingerprint density at radius 2 is 1.54 bits per heavy atom. The number of unbranched alkanes of at least 4 members (excludes halogenated alkanes) is 1. The van der Waals surface area contributed by atoms with Crippen LogP contribution in [0.4, 0.5) is 0 Å². The maximum absolute atomic E-state index is 10.5. The second-order valence-corrected chi connectivity index (χ2v) is 6.03. The van der Waals surface area contributed by atoms with Crippen LogP contribution >= 0.6 is 11.6 Å². The molecule has 2 aromatic carbocycles. The number of halogens is 1. The molecule has 0 radical (unpaired) electrons. The van der Waals surface area contributed by atoms with Crippen molar-refractivity contribution >= 4 is 17.6 Å². The number of hydrogen-bond donors (Lipinski definition) is 1. The average molecular weight is 349 g/mol. The van der Waals surface area contributed by atoms with E-state index in [0.717, 1.165) is 30.1 Å². The van der Waals surface area contributed by atoms with Gasteiger partial charge in [-0.2, -0.15) is 0 Å². The summed E-state index contributed by atoms with van der Waals surface area (Å²) < 4.78 is 11.5. The molecule has 0 aliphatic rings. The Labute approximate surface area is 147 Å². The smallest absolute Gasteiger partial charge is 0.303 e. The second-order valence-electron chi connectivity index (χ2n) is 5.60. The zero-order valence-electron chi connectivity index (χ0n) is 13.6. The first-order valence-electron chi connectivity index (χ1n) is 7.95. The molecule has 0 aromatic heterocycles. The van der Waals surface area contributed by atoms with Gasteiger partial charge in [-0.15, -0.1) is 0 Å². The number of benzene rings is 2. The topological polar surface area (TPSA) is 55.8 Å². The molecule has 0 fully saturated rings. The van der Waals surface area contributed by atoms with Crippen LogP contribution in [-0.4, -0.2) is 17.2 Å². The van der Waals surface area contributed by atoms with Crippen molar-refractivity contribution in [1.29, 1.82) is 0 Å². The molecular weight excluding hydrogens is 328 g/mol. The fourth-order valence-electron chi connectivity index (χ4n) is 2.22. The molecule has 0 aliphatic carbocycles. The van der Waals surface area contributed by atoms with Gasteiger partial charge in [0.1, 0.15) is 17.2 Å². The number of ether oxygens (including phenoxy) is 2. The summed E-state index contributed by atoms with van der Waals surface area (Å²) in [5, 5.41) is 9.28. The highest BCUT2D eigenvalue weighted by Gasteiger charge is 2.06. The molecule has 1 unspecified atom stereocenters. The highest BCUT2D eigenvalue weighted by Crippen LogP contribution is 2.25. The molecule has 2 aromatic rings. The lowest BCUT2D eigenvalue weighted by Gasteiger charge is -2.15. The molecule has 0 bridgehead atoms. The first-order valence-corrected chi connectivity index (χ1v) is 8.32. The number of carboxylic acid groups (broad SMARTS) is 1. The second kappa shape index (κ2) is 9.18. The third kappa shape index (κ3) is 6.50. The average Bonchev–Trinajstić information content (AvgIpc) is 2.55. The Bertz CT molecular complexity index is 637. The highest BCUT2D eigenvalue weighted by molar-refractivity contribution is 6.30. The van der Waals surface area contributed by atoms with E-state index >= 15 is 0 Å². The van der Waals surface area contributed by atoms with Crippen LogP contribution in [-0.2, 0) is 4.79 Å². The largest absolute Gasteiger partial charge is 0.491 e. The summed E-state index contributed by atoms with van der Waals surface area (Å²) in [5.41, 5.74) is 0. The van der Waals surface area contributed by atoms with E-state index in [0.29, 0.717) is 11.4 Å². The predicted molar refractivity (Wildman–Crippen MR) is 94.2 cm³/mol. The summed E-state index contributed by atoms with van der Waals surface area (Å²) in [4.78, 5) is 10.5. The molecule has 0 aliphatic heterocycles. The Morgan fingerprint density at radius 1 is 1.00 bits per heavy atom. The van der Waals surface area contributed by atoms with Crippen LogP contribution in [0.1, 0.15) is 32.6 Å². The van der Waals surface area contributed by atoms with E-state index in [-0.39, 0.29) is 12.5 Å². The Balaban J connectivity index is 1.78. The molecule has 1 N–H and O–H groups in total. The van der Waals surface area contributed by atoms with Crippen molar-refractivity contribution in [1.82, 2.24) is 0 Å². The molecule has 1 atom stereocenters. The van der Waals surface area contributed by atoms with Gasteiger partial charge in [0.05, 0.1) is 6.10 Å². The van der Waals surface area contributed by atoms with Crippen molar-refractivity contribution < 1.29 is 19.4 Å². The van der Waals surface area contributed by atoms with Crippen molar-refractivity contribution in [2.75, 3.05) is 0 Å². The van der Waals surface area contributed by atoms with Crippen LogP contribution in [0.25, 0.3) is 0 Å². The molecule has 0 heterocycles. The van der Waals surface area contributed by atoms with Gasteiger partial charge in [-0.1, -0.05) is 11.6 Å². The minimum absolute atomic E-state index is 0.0434. The van der Waals surface area contributed by atoms with Gasteiger partial charge in [-0.05, 0) is 74.7 Å². The van der Waals surface area contributed by atoms with Gasteiger partial charge in [0, 0.05) is 11.4 Å². The number of carbonyl (C=O) groups is 1. The first-order chi connectivity index (χ1) is 11.5. The molecule has 24 heavy (non-hydrogen) atoms. The standard InChI is InChI=1S/C19H21ClO4/c1-14(4-2-3-5-19(21)22)23-16-10-12-18(13-11-16)24-17-8-6-15(20)7-9-17/h6-14H,2-5H2,1H3,(H,21,22). The van der Waals surface area contributed by atoms with Gasteiger partial charge in [-0.25, -0.2) is 0 Å². The zero-order valence-corrected chi connectivity index (χ0v) is 14.3. The summed E-state index contributed by atoms with van der Waals surface area (Å²) >= 11 is 5.84. The third-order valence-corrected chi connectivity index (χ3v) is 3.71. The van der Waals surface area contributed by atoms with Crippen molar-refractivity contribution in [2.45, 2.75) is 38.7 Å². The molecule has 5 heteroatoms. The van der Waals surface area contributed by atoms with E-state index in [1.165, 1.54) is 0 Å². The normalized spacial score (nSPS) is 11.8. The lowest BCUT2D eigenvalue weighted by molar-refractivity contribution is -0.137. The van der Waals surface area contributed by atoms with Gasteiger partial charge in [0.25, 0.3) is 0 Å². The van der Waals surface area contributed by atoms with E-state index in [1.54, 1.807) is 12.1 Å². The SMILES string of the molecule is CC(CCCCC(=O)O)Oc1ccc(Oc2ccc(Cl)cc2)cc1. The van der Waals surface area contributed by atoms with Crippen molar-refractivity contribution in [3.63, 3.8) is 0 Å². The van der Waals surface area contributed by atoms with Crippen LogP contribution in [0.15, 0.2) is 48.5 Å². The molecule has 0 amide bonds. The third-order valence-electron chi connectivity index (χ3n) is 3.46. The van der Waals surface area contributed by atoms with Crippen LogP contribution < -0.4 is 9.47 Å². The number of aliphatic carboxylic acids is 1. The summed E-state index contributed by atoms with van der Waals surface area (Å²) in [6.07, 6.45) is 2.60. The molecule has 2 rings (SSSR count). The quantitative estimate of drug-likeness (QED) is 0.604. The zero-order chi connectivity index (χ0) is 17.4. The molecule has 0 saturated heterocycles. The molecule has 0 spiro atoms. The predicted octanol–water partition coefficient (Wildman–Crippen LogP) is 5.54. The summed E-state index contributed by atoms with van der Waals surface area (Å²) in [7, 11) is 0. The minimum Gasteiger partial charge on any atom is -0.491 e. The van der Waals surface area contributed by atoms with E-state index < -0.39 is 5.97 Å². The Kier molecular flexibility index (Phi) is 6.94. The van der Waals surface area contributed by atoms with Crippen LogP contribution in [0.2, 0.25) is 5.02 Å². The van der Waals surface area contributed by atoms with Crippen molar-refractivity contribution in [3.05, 3.63) is 53.6 Å². The van der Waals surface area contributed by atoms with Crippen LogP contribution in [0, 0.1) is 0 Å². The van der Waals surface area contributed by atoms with E-state index in [4.69, 9.17) is 26.2 Å². The fourth-order valence-corrected chi connectivity index (χ4v) is 2.35. The van der Waals surface area contributed by atoms with E-state index in [2.05, 4.69) is 0 Å². The Morgan fingerprint density at radius 3 is 2.12 bits per heavy atom. The number of rotatable bonds is 9. The lowest BCUT2D eigenvalue weighted by Crippen LogP contribution is -2.11. The lowest BCUT2D eigenvalue weighted by atomic mass is 10.1. The van der Waals surface area contributed by atoms with Crippen LogP contribution in [0.3, 0.4) is 0 Å². The minimum atomic E-state index is -0.750. The van der Waals surface area contributed by atoms with Gasteiger partial charge >= 0.3 is 5.97 Å². The summed E-state index contributed by atoms with van der Waals surface area (Å²) in [6, 6.07) is 14.6. The Hall–Kier alpha value is -2.20. The fraction of sp³-hybridized carbons (Fsp3) is 0.316. The molecule has 4 nitrogen and oxygen atoms in total. The summed E-state index contributed by atoms with van der Waals surface area (Å²) in [6.45, 7) is 1.99. The van der Waals surface area contributed by atoms with E-state index in [9.17, 15) is 4.79 Å².